The lowest BCUT2D eigenvalue weighted by molar-refractivity contribution is -0.135. The van der Waals surface area contributed by atoms with Gasteiger partial charge in [0.1, 0.15) is 23.1 Å². The van der Waals surface area contributed by atoms with Crippen molar-refractivity contribution in [3.8, 4) is 0 Å². The molecule has 0 atom stereocenters. The van der Waals surface area contributed by atoms with Gasteiger partial charge in [0, 0.05) is 5.92 Å². The maximum Gasteiger partial charge on any atom is 0.140 e. The van der Waals surface area contributed by atoms with Gasteiger partial charge in [-0.1, -0.05) is 29.8 Å². The molecule has 1 aromatic carbocycles. The van der Waals surface area contributed by atoms with Crippen LogP contribution in [0.25, 0.3) is 0 Å². The topological polar surface area (TPSA) is 68.3 Å². The molecule has 0 N–H and O–H groups in total. The van der Waals surface area contributed by atoms with Gasteiger partial charge < -0.3 is 0 Å². The number of aryl methyl sites for hydroxylation is 1. The SMILES string of the molecule is CC(=O)C(C(C)=O)C(c1ccc(C)cc1)C(C(C)=O)C(C)=O. The van der Waals surface area contributed by atoms with Crippen LogP contribution in [0.15, 0.2) is 24.3 Å². The third-order valence-electron chi connectivity index (χ3n) is 3.93. The molecule has 0 heterocycles. The molecule has 4 nitrogen and oxygen atoms in total. The van der Waals surface area contributed by atoms with Gasteiger partial charge in [0.15, 0.2) is 0 Å². The molecule has 0 spiro atoms. The molecule has 0 saturated carbocycles. The zero-order valence-electron chi connectivity index (χ0n) is 13.7. The molecule has 1 aromatic rings. The van der Waals surface area contributed by atoms with Crippen LogP contribution in [0.2, 0.25) is 0 Å². The molecule has 1 rings (SSSR count). The van der Waals surface area contributed by atoms with E-state index in [4.69, 9.17) is 0 Å². The fourth-order valence-corrected chi connectivity index (χ4v) is 2.95. The summed E-state index contributed by atoms with van der Waals surface area (Å²) in [5.41, 5.74) is 1.68. The highest BCUT2D eigenvalue weighted by Crippen LogP contribution is 2.35. The highest BCUT2D eigenvalue weighted by molar-refractivity contribution is 6.06. The Balaban J connectivity index is 3.52. The second-order valence-corrected chi connectivity index (χ2v) is 5.83. The van der Waals surface area contributed by atoms with Crippen LogP contribution in [0.1, 0.15) is 44.7 Å². The minimum Gasteiger partial charge on any atom is -0.299 e. The minimum atomic E-state index is -0.986. The van der Waals surface area contributed by atoms with Crippen molar-refractivity contribution < 1.29 is 19.2 Å². The summed E-state index contributed by atoms with van der Waals surface area (Å²) in [4.78, 5) is 47.9. The van der Waals surface area contributed by atoms with Gasteiger partial charge >= 0.3 is 0 Å². The maximum atomic E-state index is 12.0. The van der Waals surface area contributed by atoms with E-state index in [9.17, 15) is 19.2 Å². The standard InChI is InChI=1S/C18H22O4/c1-10-6-8-15(9-7-10)18(16(11(2)19)12(3)20)17(13(4)21)14(5)22/h6-9,16-18H,1-5H3. The van der Waals surface area contributed by atoms with Crippen LogP contribution in [-0.2, 0) is 19.2 Å². The Morgan fingerprint density at radius 3 is 1.27 bits per heavy atom. The van der Waals surface area contributed by atoms with Crippen LogP contribution in [0, 0.1) is 18.8 Å². The third-order valence-corrected chi connectivity index (χ3v) is 3.93. The molecule has 0 saturated heterocycles. The highest BCUT2D eigenvalue weighted by Gasteiger charge is 2.40. The Labute approximate surface area is 130 Å². The normalized spacial score (nSPS) is 11.1. The molecule has 0 amide bonds. The Morgan fingerprint density at radius 1 is 0.682 bits per heavy atom. The molecule has 0 unspecified atom stereocenters. The third kappa shape index (κ3) is 3.97. The molecule has 0 aliphatic heterocycles. The predicted molar refractivity (Wildman–Crippen MR) is 83.6 cm³/mol. The largest absolute Gasteiger partial charge is 0.299 e. The van der Waals surface area contributed by atoms with Crippen molar-refractivity contribution in [1.82, 2.24) is 0 Å². The summed E-state index contributed by atoms with van der Waals surface area (Å²) in [7, 11) is 0. The number of hydrogen-bond acceptors (Lipinski definition) is 4. The van der Waals surface area contributed by atoms with E-state index < -0.39 is 17.8 Å². The number of rotatable bonds is 7. The van der Waals surface area contributed by atoms with Gasteiger partial charge in [-0.3, -0.25) is 19.2 Å². The maximum absolute atomic E-state index is 12.0. The first kappa shape index (κ1) is 18.0. The van der Waals surface area contributed by atoms with E-state index >= 15 is 0 Å². The highest BCUT2D eigenvalue weighted by atomic mass is 16.2. The van der Waals surface area contributed by atoms with Crippen LogP contribution in [-0.4, -0.2) is 23.1 Å². The minimum absolute atomic E-state index is 0.328. The van der Waals surface area contributed by atoms with Gasteiger partial charge in [-0.15, -0.1) is 0 Å². The Kier molecular flexibility index (Phi) is 5.92. The first-order valence-electron chi connectivity index (χ1n) is 7.25. The summed E-state index contributed by atoms with van der Waals surface area (Å²) in [5.74, 6) is -4.03. The van der Waals surface area contributed by atoms with Crippen molar-refractivity contribution >= 4 is 23.1 Å². The zero-order valence-corrected chi connectivity index (χ0v) is 13.7. The van der Waals surface area contributed by atoms with Crippen molar-refractivity contribution in [3.05, 3.63) is 35.4 Å². The van der Waals surface area contributed by atoms with Crippen molar-refractivity contribution in [2.75, 3.05) is 0 Å². The van der Waals surface area contributed by atoms with Crippen molar-refractivity contribution in [3.63, 3.8) is 0 Å². The van der Waals surface area contributed by atoms with Crippen LogP contribution in [0.3, 0.4) is 0 Å². The lowest BCUT2D eigenvalue weighted by Crippen LogP contribution is -2.37. The van der Waals surface area contributed by atoms with Gasteiger partial charge in [0.05, 0.1) is 11.8 Å². The predicted octanol–water partition coefficient (Wildman–Crippen LogP) is 2.67. The second-order valence-electron chi connectivity index (χ2n) is 5.83. The molecule has 0 aliphatic carbocycles. The number of carbonyl (C=O) groups excluding carboxylic acids is 4. The molecular weight excluding hydrogens is 280 g/mol. The first-order chi connectivity index (χ1) is 10.2. The molecule has 0 fully saturated rings. The monoisotopic (exact) mass is 302 g/mol. The Hall–Kier alpha value is -2.10. The van der Waals surface area contributed by atoms with Gasteiger partial charge in [0.2, 0.25) is 0 Å². The van der Waals surface area contributed by atoms with Gasteiger partial charge in [-0.05, 0) is 40.2 Å². The van der Waals surface area contributed by atoms with Crippen LogP contribution >= 0.6 is 0 Å². The number of hydrogen-bond donors (Lipinski definition) is 0. The summed E-state index contributed by atoms with van der Waals surface area (Å²) in [5, 5.41) is 0. The molecule has 0 aromatic heterocycles. The van der Waals surface area contributed by atoms with Crippen molar-refractivity contribution in [2.45, 2.75) is 40.5 Å². The van der Waals surface area contributed by atoms with Crippen LogP contribution < -0.4 is 0 Å². The van der Waals surface area contributed by atoms with E-state index in [-0.39, 0.29) is 23.1 Å². The molecule has 0 radical (unpaired) electrons. The number of ketones is 4. The lowest BCUT2D eigenvalue weighted by Gasteiger charge is -2.29. The summed E-state index contributed by atoms with van der Waals surface area (Å²) < 4.78 is 0. The average Bonchev–Trinajstić information content (AvgIpc) is 2.37. The Bertz CT molecular complexity index is 538. The summed E-state index contributed by atoms with van der Waals surface area (Å²) in [6.07, 6.45) is 0. The van der Waals surface area contributed by atoms with Crippen LogP contribution in [0.5, 0.6) is 0 Å². The van der Waals surface area contributed by atoms with Gasteiger partial charge in [0.25, 0.3) is 0 Å². The number of benzene rings is 1. The van der Waals surface area contributed by atoms with E-state index in [2.05, 4.69) is 0 Å². The molecule has 22 heavy (non-hydrogen) atoms. The Morgan fingerprint density at radius 2 is 1.00 bits per heavy atom. The van der Waals surface area contributed by atoms with E-state index in [0.717, 1.165) is 5.56 Å². The molecule has 4 heteroatoms. The summed E-state index contributed by atoms with van der Waals surface area (Å²) in [6, 6.07) is 7.24. The smallest absolute Gasteiger partial charge is 0.140 e. The lowest BCUT2D eigenvalue weighted by atomic mass is 9.71. The molecule has 0 aliphatic rings. The number of carbonyl (C=O) groups is 4. The van der Waals surface area contributed by atoms with Gasteiger partial charge in [-0.25, -0.2) is 0 Å². The molecule has 118 valence electrons. The van der Waals surface area contributed by atoms with Crippen molar-refractivity contribution in [1.29, 1.82) is 0 Å². The van der Waals surface area contributed by atoms with Crippen LogP contribution in [0.4, 0.5) is 0 Å². The van der Waals surface area contributed by atoms with Crippen molar-refractivity contribution in [2.24, 2.45) is 11.8 Å². The summed E-state index contributed by atoms with van der Waals surface area (Å²) >= 11 is 0. The first-order valence-corrected chi connectivity index (χ1v) is 7.25. The summed E-state index contributed by atoms with van der Waals surface area (Å²) in [6.45, 7) is 7.21. The second kappa shape index (κ2) is 7.25. The van der Waals surface area contributed by atoms with E-state index in [1.165, 1.54) is 27.7 Å². The average molecular weight is 302 g/mol. The quantitative estimate of drug-likeness (QED) is 0.726. The fourth-order valence-electron chi connectivity index (χ4n) is 2.95. The molecule has 0 bridgehead atoms. The van der Waals surface area contributed by atoms with E-state index in [1.54, 1.807) is 12.1 Å². The van der Waals surface area contributed by atoms with E-state index in [0.29, 0.717) is 5.56 Å². The molecular formula is C18H22O4. The van der Waals surface area contributed by atoms with Gasteiger partial charge in [-0.2, -0.15) is 0 Å². The van der Waals surface area contributed by atoms with E-state index in [1.807, 2.05) is 19.1 Å². The zero-order chi connectivity index (χ0) is 17.0. The fraction of sp³-hybridized carbons (Fsp3) is 0.444. The number of Topliss-reactive ketones (excluding diaryl/α,β-unsaturated/α-hetero) is 4.